The lowest BCUT2D eigenvalue weighted by molar-refractivity contribution is 0.109. The van der Waals surface area contributed by atoms with Crippen molar-refractivity contribution < 1.29 is 5.11 Å². The van der Waals surface area contributed by atoms with Gasteiger partial charge in [0, 0.05) is 23.1 Å². The summed E-state index contributed by atoms with van der Waals surface area (Å²) in [5, 5.41) is 12.0. The fourth-order valence-electron chi connectivity index (χ4n) is 4.33. The summed E-state index contributed by atoms with van der Waals surface area (Å²) in [6.07, 6.45) is 7.26. The van der Waals surface area contributed by atoms with Crippen LogP contribution >= 0.6 is 0 Å². The van der Waals surface area contributed by atoms with Gasteiger partial charge in [0.05, 0.1) is 12.6 Å². The minimum absolute atomic E-state index is 0.264. The number of nitrogens with zero attached hydrogens (tertiary/aromatic N) is 2. The van der Waals surface area contributed by atoms with Crippen LogP contribution in [-0.4, -0.2) is 40.3 Å². The molecule has 1 aliphatic carbocycles. The summed E-state index contributed by atoms with van der Waals surface area (Å²) in [5.41, 5.74) is 4.33. The van der Waals surface area contributed by atoms with Crippen molar-refractivity contribution in [1.82, 2.24) is 9.47 Å². The van der Waals surface area contributed by atoms with Gasteiger partial charge in [-0.3, -0.25) is 0 Å². The molecule has 0 saturated carbocycles. The van der Waals surface area contributed by atoms with Crippen molar-refractivity contribution in [2.75, 3.05) is 19.6 Å². The highest BCUT2D eigenvalue weighted by atomic mass is 16.3. The highest BCUT2D eigenvalue weighted by Gasteiger charge is 2.22. The molecule has 0 bridgehead atoms. The molecule has 3 heteroatoms. The first kappa shape index (κ1) is 14.3. The molecule has 0 amide bonds. The Morgan fingerprint density at radius 1 is 0.955 bits per heavy atom. The maximum atomic E-state index is 10.6. The van der Waals surface area contributed by atoms with E-state index in [1.54, 1.807) is 0 Å². The third kappa shape index (κ3) is 2.57. The van der Waals surface area contributed by atoms with Gasteiger partial charge in [-0.2, -0.15) is 0 Å². The molecule has 3 nitrogen and oxygen atoms in total. The van der Waals surface area contributed by atoms with E-state index in [0.717, 1.165) is 26.2 Å². The number of aryl methyl sites for hydroxylation is 1. The van der Waals surface area contributed by atoms with Crippen molar-refractivity contribution in [3.8, 4) is 0 Å². The van der Waals surface area contributed by atoms with E-state index in [9.17, 15) is 5.11 Å². The maximum Gasteiger partial charge on any atom is 0.0845 e. The number of benzene rings is 1. The number of hydrogen-bond donors (Lipinski definition) is 1. The van der Waals surface area contributed by atoms with E-state index in [0.29, 0.717) is 0 Å². The summed E-state index contributed by atoms with van der Waals surface area (Å²) in [7, 11) is 0. The van der Waals surface area contributed by atoms with Crippen molar-refractivity contribution in [2.24, 2.45) is 0 Å². The zero-order valence-electron chi connectivity index (χ0n) is 13.3. The Bertz CT molecular complexity index is 655. The molecule has 1 fully saturated rings. The predicted octanol–water partition coefficient (Wildman–Crippen LogP) is 2.98. The summed E-state index contributed by atoms with van der Waals surface area (Å²) in [5.74, 6) is 0. The van der Waals surface area contributed by atoms with Crippen LogP contribution in [0.1, 0.15) is 36.9 Å². The number of hydrogen-bond acceptors (Lipinski definition) is 2. The minimum atomic E-state index is -0.264. The molecule has 1 aliphatic heterocycles. The normalized spacial score (nSPS) is 20.4. The van der Waals surface area contributed by atoms with Crippen LogP contribution in [0.4, 0.5) is 0 Å². The van der Waals surface area contributed by atoms with Gasteiger partial charge < -0.3 is 14.6 Å². The van der Waals surface area contributed by atoms with Crippen LogP contribution in [0.15, 0.2) is 24.3 Å². The second-order valence-corrected chi connectivity index (χ2v) is 6.92. The summed E-state index contributed by atoms with van der Waals surface area (Å²) in [6, 6.07) is 8.73. The monoisotopic (exact) mass is 298 g/mol. The predicted molar refractivity (Wildman–Crippen MR) is 90.3 cm³/mol. The first-order valence-corrected chi connectivity index (χ1v) is 8.82. The Kier molecular flexibility index (Phi) is 3.93. The minimum Gasteiger partial charge on any atom is -0.390 e. The van der Waals surface area contributed by atoms with Gasteiger partial charge in [0.1, 0.15) is 0 Å². The van der Waals surface area contributed by atoms with Gasteiger partial charge >= 0.3 is 0 Å². The molecule has 2 aliphatic rings. The first-order valence-electron chi connectivity index (χ1n) is 8.82. The van der Waals surface area contributed by atoms with E-state index in [-0.39, 0.29) is 6.10 Å². The van der Waals surface area contributed by atoms with Gasteiger partial charge in [0.2, 0.25) is 0 Å². The lowest BCUT2D eigenvalue weighted by Crippen LogP contribution is -2.33. The summed E-state index contributed by atoms with van der Waals surface area (Å²) in [6.45, 7) is 3.87. The van der Waals surface area contributed by atoms with Crippen LogP contribution in [0.2, 0.25) is 0 Å². The molecular formula is C19H26N2O. The van der Waals surface area contributed by atoms with Crippen molar-refractivity contribution in [2.45, 2.75) is 51.2 Å². The van der Waals surface area contributed by atoms with Gasteiger partial charge in [-0.1, -0.05) is 18.2 Å². The van der Waals surface area contributed by atoms with E-state index in [4.69, 9.17) is 0 Å². The van der Waals surface area contributed by atoms with Gasteiger partial charge in [-0.15, -0.1) is 0 Å². The maximum absolute atomic E-state index is 10.6. The van der Waals surface area contributed by atoms with Gasteiger partial charge in [0.15, 0.2) is 0 Å². The van der Waals surface area contributed by atoms with Gasteiger partial charge in [-0.25, -0.2) is 0 Å². The van der Waals surface area contributed by atoms with E-state index < -0.39 is 0 Å². The SMILES string of the molecule is OC(CN1CCCC1)Cn1c2c(c3ccccc31)CCCC2. The number of β-amino-alcohol motifs (C(OH)–C–C–N with tert-alkyl or cyclic N) is 1. The van der Waals surface area contributed by atoms with Crippen molar-refractivity contribution >= 4 is 10.9 Å². The Balaban J connectivity index is 1.62. The second-order valence-electron chi connectivity index (χ2n) is 6.92. The largest absolute Gasteiger partial charge is 0.390 e. The Morgan fingerprint density at radius 2 is 1.73 bits per heavy atom. The van der Waals surface area contributed by atoms with Gasteiger partial charge in [0.25, 0.3) is 0 Å². The number of rotatable bonds is 4. The fourth-order valence-corrected chi connectivity index (χ4v) is 4.33. The molecule has 4 rings (SSSR count). The zero-order chi connectivity index (χ0) is 14.9. The average molecular weight is 298 g/mol. The van der Waals surface area contributed by atoms with Crippen molar-refractivity contribution in [3.05, 3.63) is 35.5 Å². The molecule has 1 aromatic heterocycles. The van der Waals surface area contributed by atoms with E-state index in [1.165, 1.54) is 60.7 Å². The molecule has 2 heterocycles. The molecule has 22 heavy (non-hydrogen) atoms. The molecule has 0 radical (unpaired) electrons. The van der Waals surface area contributed by atoms with Crippen LogP contribution in [0.5, 0.6) is 0 Å². The fraction of sp³-hybridized carbons (Fsp3) is 0.579. The number of likely N-dealkylation sites (tertiary alicyclic amines) is 1. The molecule has 1 N–H and O–H groups in total. The highest BCUT2D eigenvalue weighted by Crippen LogP contribution is 2.32. The molecular weight excluding hydrogens is 272 g/mol. The summed E-state index contributed by atoms with van der Waals surface area (Å²) in [4.78, 5) is 2.41. The number of aliphatic hydroxyl groups is 1. The van der Waals surface area contributed by atoms with Crippen LogP contribution < -0.4 is 0 Å². The van der Waals surface area contributed by atoms with Crippen LogP contribution in [0.3, 0.4) is 0 Å². The lowest BCUT2D eigenvalue weighted by atomic mass is 9.95. The van der Waals surface area contributed by atoms with Crippen LogP contribution in [0.25, 0.3) is 10.9 Å². The molecule has 1 aromatic carbocycles. The second kappa shape index (κ2) is 6.05. The molecule has 0 spiro atoms. The van der Waals surface area contributed by atoms with Crippen LogP contribution in [-0.2, 0) is 19.4 Å². The molecule has 1 atom stereocenters. The topological polar surface area (TPSA) is 28.4 Å². The first-order chi connectivity index (χ1) is 10.8. The standard InChI is InChI=1S/C19H26N2O/c22-15(13-20-11-5-6-12-20)14-21-18-9-3-1-7-16(18)17-8-2-4-10-19(17)21/h1,3,7,9,15,22H,2,4-6,8,10-14H2. The average Bonchev–Trinajstić information content (AvgIpc) is 3.15. The quantitative estimate of drug-likeness (QED) is 0.940. The third-order valence-corrected chi connectivity index (χ3v) is 5.35. The Morgan fingerprint density at radius 3 is 2.59 bits per heavy atom. The Hall–Kier alpha value is -1.32. The summed E-state index contributed by atoms with van der Waals surface area (Å²) < 4.78 is 2.41. The number of para-hydroxylation sites is 1. The van der Waals surface area contributed by atoms with E-state index >= 15 is 0 Å². The van der Waals surface area contributed by atoms with Gasteiger partial charge in [-0.05, 0) is 63.2 Å². The Labute approximate surface area is 132 Å². The highest BCUT2D eigenvalue weighted by molar-refractivity contribution is 5.85. The van der Waals surface area contributed by atoms with Crippen molar-refractivity contribution in [3.63, 3.8) is 0 Å². The lowest BCUT2D eigenvalue weighted by Gasteiger charge is -2.22. The molecule has 1 saturated heterocycles. The molecule has 118 valence electrons. The van der Waals surface area contributed by atoms with Crippen LogP contribution in [0, 0.1) is 0 Å². The number of aromatic nitrogens is 1. The van der Waals surface area contributed by atoms with Crippen molar-refractivity contribution in [1.29, 1.82) is 0 Å². The number of aliphatic hydroxyl groups excluding tert-OH is 1. The summed E-state index contributed by atoms with van der Waals surface area (Å²) >= 11 is 0. The van der Waals surface area contributed by atoms with E-state index in [1.807, 2.05) is 0 Å². The smallest absolute Gasteiger partial charge is 0.0845 e. The third-order valence-electron chi connectivity index (χ3n) is 5.35. The molecule has 2 aromatic rings. The zero-order valence-corrected chi connectivity index (χ0v) is 13.3. The van der Waals surface area contributed by atoms with E-state index in [2.05, 4.69) is 33.7 Å². The molecule has 1 unspecified atom stereocenters. The number of fused-ring (bicyclic) bond motifs is 3.